The van der Waals surface area contributed by atoms with Gasteiger partial charge in [0.2, 0.25) is 11.8 Å². The van der Waals surface area contributed by atoms with Gasteiger partial charge < -0.3 is 15.1 Å². The number of nitrogens with one attached hydrogen (secondary N) is 1. The van der Waals surface area contributed by atoms with Gasteiger partial charge in [-0.1, -0.05) is 41.9 Å². The van der Waals surface area contributed by atoms with Crippen LogP contribution >= 0.6 is 11.6 Å². The average molecular weight is 455 g/mol. The summed E-state index contributed by atoms with van der Waals surface area (Å²) in [5.41, 5.74) is 2.15. The maximum Gasteiger partial charge on any atom is 0.256 e. The minimum atomic E-state index is -0.107. The number of hydrogen-bond acceptors (Lipinski definition) is 4. The van der Waals surface area contributed by atoms with Gasteiger partial charge in [-0.05, 0) is 30.2 Å². The second-order valence-corrected chi connectivity index (χ2v) is 8.58. The molecule has 0 spiro atoms. The lowest BCUT2D eigenvalue weighted by Gasteiger charge is -2.35. The fourth-order valence-electron chi connectivity index (χ4n) is 4.15. The Morgan fingerprint density at radius 3 is 2.41 bits per heavy atom. The van der Waals surface area contributed by atoms with Gasteiger partial charge >= 0.3 is 0 Å². The number of rotatable bonds is 6. The largest absolute Gasteiger partial charge is 0.351 e. The van der Waals surface area contributed by atoms with Crippen LogP contribution in [-0.4, -0.2) is 66.8 Å². The van der Waals surface area contributed by atoms with Gasteiger partial charge in [-0.15, -0.1) is 0 Å². The highest BCUT2D eigenvalue weighted by Gasteiger charge is 2.29. The van der Waals surface area contributed by atoms with Gasteiger partial charge in [0.15, 0.2) is 0 Å². The number of amides is 3. The second kappa shape index (κ2) is 10.1. The number of hydrogen-bond donors (Lipinski definition) is 1. The summed E-state index contributed by atoms with van der Waals surface area (Å²) in [5, 5.41) is 3.45. The normalized spacial score (nSPS) is 17.0. The van der Waals surface area contributed by atoms with Crippen LogP contribution in [0.4, 0.5) is 5.69 Å². The van der Waals surface area contributed by atoms with E-state index in [0.717, 1.165) is 12.0 Å². The number of halogens is 1. The van der Waals surface area contributed by atoms with Crippen LogP contribution in [0.15, 0.2) is 48.5 Å². The summed E-state index contributed by atoms with van der Waals surface area (Å²) in [6.07, 6.45) is 1.27. The summed E-state index contributed by atoms with van der Waals surface area (Å²) in [7, 11) is 0. The molecule has 2 aromatic carbocycles. The Balaban J connectivity index is 1.32. The lowest BCUT2D eigenvalue weighted by atomic mass is 10.1. The van der Waals surface area contributed by atoms with Gasteiger partial charge in [0.05, 0.1) is 17.8 Å². The minimum absolute atomic E-state index is 0.0210. The van der Waals surface area contributed by atoms with Gasteiger partial charge in [-0.25, -0.2) is 0 Å². The predicted octanol–water partition coefficient (Wildman–Crippen LogP) is 2.54. The molecule has 2 aromatic rings. The number of nitrogens with zero attached hydrogens (tertiary/aromatic N) is 3. The lowest BCUT2D eigenvalue weighted by Crippen LogP contribution is -2.51. The second-order valence-electron chi connectivity index (χ2n) is 8.14. The number of piperazine rings is 1. The van der Waals surface area contributed by atoms with Crippen LogP contribution < -0.4 is 10.2 Å². The quantitative estimate of drug-likeness (QED) is 0.728. The highest BCUT2D eigenvalue weighted by molar-refractivity contribution is 6.31. The van der Waals surface area contributed by atoms with E-state index in [0.29, 0.717) is 68.5 Å². The molecule has 0 saturated carbocycles. The molecule has 0 bridgehead atoms. The third-order valence-corrected chi connectivity index (χ3v) is 6.15. The zero-order valence-electron chi connectivity index (χ0n) is 17.9. The van der Waals surface area contributed by atoms with E-state index in [1.54, 1.807) is 28.0 Å². The van der Waals surface area contributed by atoms with E-state index in [2.05, 4.69) is 10.2 Å². The molecule has 2 aliphatic heterocycles. The minimum Gasteiger partial charge on any atom is -0.351 e. The van der Waals surface area contributed by atoms with E-state index in [9.17, 15) is 14.4 Å². The molecule has 8 heteroatoms. The Labute approximate surface area is 192 Å². The Bertz CT molecular complexity index is 990. The van der Waals surface area contributed by atoms with Crippen molar-refractivity contribution in [2.75, 3.05) is 44.2 Å². The fraction of sp³-hybridized carbons (Fsp3) is 0.375. The van der Waals surface area contributed by atoms with Crippen LogP contribution in [0.3, 0.4) is 0 Å². The molecule has 0 aliphatic carbocycles. The molecule has 168 valence electrons. The monoisotopic (exact) mass is 454 g/mol. The van der Waals surface area contributed by atoms with E-state index < -0.39 is 0 Å². The highest BCUT2D eigenvalue weighted by atomic mass is 35.5. The van der Waals surface area contributed by atoms with E-state index in [1.165, 1.54) is 0 Å². The number of anilines is 1. The van der Waals surface area contributed by atoms with Gasteiger partial charge in [-0.2, -0.15) is 0 Å². The maximum absolute atomic E-state index is 13.2. The van der Waals surface area contributed by atoms with E-state index >= 15 is 0 Å². The fourth-order valence-corrected chi connectivity index (χ4v) is 4.31. The maximum atomic E-state index is 13.2. The average Bonchev–Trinajstić information content (AvgIpc) is 3.24. The molecule has 0 radical (unpaired) electrons. The molecule has 0 atom stereocenters. The Morgan fingerprint density at radius 1 is 0.969 bits per heavy atom. The molecule has 2 heterocycles. The molecule has 4 rings (SSSR count). The zero-order chi connectivity index (χ0) is 22.5. The van der Waals surface area contributed by atoms with Crippen molar-refractivity contribution in [1.82, 2.24) is 15.1 Å². The van der Waals surface area contributed by atoms with Crippen molar-refractivity contribution in [2.24, 2.45) is 0 Å². The first-order valence-corrected chi connectivity index (χ1v) is 11.3. The molecule has 1 N–H and O–H groups in total. The summed E-state index contributed by atoms with van der Waals surface area (Å²) in [5.74, 6) is -0.113. The third-order valence-electron chi connectivity index (χ3n) is 5.91. The molecule has 7 nitrogen and oxygen atoms in total. The molecular formula is C24H27ClN4O3. The van der Waals surface area contributed by atoms with Crippen molar-refractivity contribution in [1.29, 1.82) is 0 Å². The molecular weight excluding hydrogens is 428 g/mol. The van der Waals surface area contributed by atoms with E-state index in [-0.39, 0.29) is 17.7 Å². The summed E-state index contributed by atoms with van der Waals surface area (Å²) in [4.78, 5) is 43.3. The summed E-state index contributed by atoms with van der Waals surface area (Å²) >= 11 is 6.16. The van der Waals surface area contributed by atoms with Crippen molar-refractivity contribution in [3.8, 4) is 0 Å². The van der Waals surface area contributed by atoms with Crippen molar-refractivity contribution >= 4 is 35.0 Å². The lowest BCUT2D eigenvalue weighted by molar-refractivity contribution is -0.122. The predicted molar refractivity (Wildman–Crippen MR) is 124 cm³/mol. The number of carbonyl (C=O) groups excluding carboxylic acids is 3. The van der Waals surface area contributed by atoms with Crippen molar-refractivity contribution < 1.29 is 14.4 Å². The first kappa shape index (κ1) is 22.3. The smallest absolute Gasteiger partial charge is 0.256 e. The van der Waals surface area contributed by atoms with Crippen LogP contribution in [0.2, 0.25) is 5.02 Å². The van der Waals surface area contributed by atoms with E-state index in [1.807, 2.05) is 30.3 Å². The summed E-state index contributed by atoms with van der Waals surface area (Å²) < 4.78 is 0. The van der Waals surface area contributed by atoms with Crippen LogP contribution in [0, 0.1) is 0 Å². The van der Waals surface area contributed by atoms with Crippen LogP contribution in [0.25, 0.3) is 0 Å². The van der Waals surface area contributed by atoms with Crippen LogP contribution in [-0.2, 0) is 16.1 Å². The molecule has 0 aromatic heterocycles. The summed E-state index contributed by atoms with van der Waals surface area (Å²) in [6, 6.07) is 14.9. The van der Waals surface area contributed by atoms with Crippen LogP contribution in [0.5, 0.6) is 0 Å². The van der Waals surface area contributed by atoms with Crippen LogP contribution in [0.1, 0.15) is 28.8 Å². The number of benzene rings is 2. The number of carbonyl (C=O) groups is 3. The SMILES string of the molecule is O=C(CN1CCN(C(=O)c2ccc(Cl)cc2N2CCCC2=O)CC1)NCc1ccccc1. The molecule has 0 unspecified atom stereocenters. The first-order chi connectivity index (χ1) is 15.5. The standard InChI is InChI=1S/C24H27ClN4O3/c25-19-8-9-20(21(15-19)29-10-4-7-23(29)31)24(32)28-13-11-27(12-14-28)17-22(30)26-16-18-5-2-1-3-6-18/h1-3,5-6,8-9,15H,4,7,10-14,16-17H2,(H,26,30). The summed E-state index contributed by atoms with van der Waals surface area (Å²) in [6.45, 7) is 3.72. The Hall–Kier alpha value is -2.90. The third kappa shape index (κ3) is 5.29. The van der Waals surface area contributed by atoms with Gasteiger partial charge in [0.1, 0.15) is 0 Å². The highest BCUT2D eigenvalue weighted by Crippen LogP contribution is 2.29. The molecule has 2 saturated heterocycles. The Kier molecular flexibility index (Phi) is 7.07. The zero-order valence-corrected chi connectivity index (χ0v) is 18.7. The van der Waals surface area contributed by atoms with Crippen molar-refractivity contribution in [3.05, 3.63) is 64.7 Å². The molecule has 32 heavy (non-hydrogen) atoms. The molecule has 2 aliphatic rings. The first-order valence-electron chi connectivity index (χ1n) is 10.9. The van der Waals surface area contributed by atoms with Gasteiger partial charge in [0.25, 0.3) is 5.91 Å². The molecule has 2 fully saturated rings. The Morgan fingerprint density at radius 2 is 1.72 bits per heavy atom. The molecule has 3 amide bonds. The van der Waals surface area contributed by atoms with Crippen molar-refractivity contribution in [3.63, 3.8) is 0 Å². The topological polar surface area (TPSA) is 73.0 Å². The van der Waals surface area contributed by atoms with Gasteiger partial charge in [-0.3, -0.25) is 19.3 Å². The van der Waals surface area contributed by atoms with Crippen molar-refractivity contribution in [2.45, 2.75) is 19.4 Å². The van der Waals surface area contributed by atoms with Gasteiger partial charge in [0, 0.05) is 50.7 Å². The van der Waals surface area contributed by atoms with E-state index in [4.69, 9.17) is 11.6 Å².